The molecule has 9 rings (SSSR count). The van der Waals surface area contributed by atoms with Crippen molar-refractivity contribution in [3.05, 3.63) is 93.8 Å². The molecule has 14 heteroatoms. The van der Waals surface area contributed by atoms with Crippen molar-refractivity contribution in [1.29, 1.82) is 0 Å². The zero-order valence-corrected chi connectivity index (χ0v) is 32.8. The number of fused-ring (bicyclic) bond motifs is 1. The minimum absolute atomic E-state index is 0.0332. The molecule has 2 N–H and O–H groups in total. The number of hydrogen-bond donors (Lipinski definition) is 2. The minimum Gasteiger partial charge on any atom is -0.371 e. The number of hydrogen-bond acceptors (Lipinski definition) is 9. The zero-order chi connectivity index (χ0) is 39.8. The molecule has 13 nitrogen and oxygen atoms in total. The van der Waals surface area contributed by atoms with Crippen molar-refractivity contribution >= 4 is 63.9 Å². The molecule has 1 spiro atoms. The summed E-state index contributed by atoms with van der Waals surface area (Å²) in [6.07, 6.45) is 3.53. The molecular weight excluding hydrogens is 744 g/mol. The van der Waals surface area contributed by atoms with E-state index in [4.69, 9.17) is 18.2 Å². The van der Waals surface area contributed by atoms with Gasteiger partial charge in [-0.15, -0.1) is 0 Å². The molecule has 0 aliphatic carbocycles. The maximum atomic E-state index is 13.4. The van der Waals surface area contributed by atoms with Crippen LogP contribution in [0, 0.1) is 12.0 Å². The van der Waals surface area contributed by atoms with Crippen molar-refractivity contribution in [2.45, 2.75) is 69.6 Å². The summed E-state index contributed by atoms with van der Waals surface area (Å²) in [5, 5.41) is 6.46. The number of halogens is 1. The number of imide groups is 2. The quantitative estimate of drug-likeness (QED) is 0.255. The van der Waals surface area contributed by atoms with Gasteiger partial charge in [0.2, 0.25) is 17.5 Å². The lowest BCUT2D eigenvalue weighted by molar-refractivity contribution is -0.136. The summed E-state index contributed by atoms with van der Waals surface area (Å²) in [4.78, 5) is 77.2. The van der Waals surface area contributed by atoms with Gasteiger partial charge in [-0.3, -0.25) is 34.2 Å². The van der Waals surface area contributed by atoms with E-state index in [1.807, 2.05) is 41.3 Å². The minimum atomic E-state index is -0.990. The average Bonchev–Trinajstić information content (AvgIpc) is 3.62. The van der Waals surface area contributed by atoms with Crippen LogP contribution in [0.3, 0.4) is 0 Å². The van der Waals surface area contributed by atoms with E-state index in [2.05, 4.69) is 56.2 Å². The van der Waals surface area contributed by atoms with Gasteiger partial charge in [-0.1, -0.05) is 17.7 Å². The van der Waals surface area contributed by atoms with Gasteiger partial charge < -0.3 is 24.9 Å². The van der Waals surface area contributed by atoms with Crippen LogP contribution in [0.2, 0.25) is 5.02 Å². The van der Waals surface area contributed by atoms with Gasteiger partial charge in [0.25, 0.3) is 17.7 Å². The summed E-state index contributed by atoms with van der Waals surface area (Å²) in [6, 6.07) is 18.6. The molecular formula is C43H45ClN8O5. The van der Waals surface area contributed by atoms with Gasteiger partial charge in [0.1, 0.15) is 6.04 Å². The Morgan fingerprint density at radius 1 is 0.877 bits per heavy atom. The van der Waals surface area contributed by atoms with Crippen molar-refractivity contribution in [2.24, 2.45) is 5.41 Å². The first-order valence-electron chi connectivity index (χ1n) is 19.8. The Morgan fingerprint density at radius 3 is 2.25 bits per heavy atom. The Hall–Kier alpha value is -5.45. The van der Waals surface area contributed by atoms with Crippen molar-refractivity contribution in [1.82, 2.24) is 20.4 Å². The molecule has 294 valence electrons. The number of rotatable bonds is 7. The second-order valence-electron chi connectivity index (χ2n) is 17.1. The van der Waals surface area contributed by atoms with E-state index in [-0.39, 0.29) is 46.9 Å². The Balaban J connectivity index is 0.738. The number of carbonyl (C=O) groups is 5. The number of likely N-dealkylation sites (tertiary alicyclic amines) is 1. The van der Waals surface area contributed by atoms with E-state index in [1.54, 1.807) is 12.1 Å². The van der Waals surface area contributed by atoms with E-state index >= 15 is 0 Å². The molecule has 0 bridgehead atoms. The second kappa shape index (κ2) is 13.9. The highest BCUT2D eigenvalue weighted by Gasteiger charge is 2.47. The van der Waals surface area contributed by atoms with Gasteiger partial charge in [-0.25, -0.2) is 4.85 Å². The van der Waals surface area contributed by atoms with E-state index in [0.29, 0.717) is 48.5 Å². The van der Waals surface area contributed by atoms with E-state index < -0.39 is 29.7 Å². The maximum absolute atomic E-state index is 13.4. The number of benzene rings is 3. The summed E-state index contributed by atoms with van der Waals surface area (Å²) >= 11 is 6.38. The highest BCUT2D eigenvalue weighted by molar-refractivity contribution is 6.33. The van der Waals surface area contributed by atoms with Gasteiger partial charge in [-0.05, 0) is 99.5 Å². The number of nitrogens with zero attached hydrogens (tertiary/aromatic N) is 6. The van der Waals surface area contributed by atoms with E-state index in [0.717, 1.165) is 60.9 Å². The molecule has 57 heavy (non-hydrogen) atoms. The second-order valence-corrected chi connectivity index (χ2v) is 17.5. The topological polar surface area (TPSA) is 130 Å². The fourth-order valence-electron chi connectivity index (χ4n) is 9.98. The molecule has 6 aliphatic rings. The summed E-state index contributed by atoms with van der Waals surface area (Å²) in [6.45, 7) is 17.3. The molecule has 3 aromatic rings. The molecule has 1 unspecified atom stereocenters. The first-order chi connectivity index (χ1) is 27.3. The number of piperidine rings is 2. The number of amides is 5. The molecule has 5 saturated heterocycles. The summed E-state index contributed by atoms with van der Waals surface area (Å²) in [7, 11) is 0. The smallest absolute Gasteiger partial charge is 0.262 e. The third-order valence-electron chi connectivity index (χ3n) is 13.0. The molecule has 5 fully saturated rings. The summed E-state index contributed by atoms with van der Waals surface area (Å²) in [5.41, 5.74) is 4.84. The Labute approximate surface area is 336 Å². The van der Waals surface area contributed by atoms with Crippen LogP contribution in [0.4, 0.5) is 22.7 Å². The van der Waals surface area contributed by atoms with E-state index in [1.165, 1.54) is 0 Å². The van der Waals surface area contributed by atoms with Crippen molar-refractivity contribution in [2.75, 3.05) is 60.5 Å². The number of anilines is 3. The largest absolute Gasteiger partial charge is 0.371 e. The predicted molar refractivity (Wildman–Crippen MR) is 216 cm³/mol. The van der Waals surface area contributed by atoms with Crippen LogP contribution < -0.4 is 25.3 Å². The number of carbonyl (C=O) groups excluding carboxylic acids is 5. The molecule has 6 heterocycles. The van der Waals surface area contributed by atoms with Crippen LogP contribution in [-0.4, -0.2) is 109 Å². The first kappa shape index (κ1) is 37.1. The van der Waals surface area contributed by atoms with Gasteiger partial charge >= 0.3 is 0 Å². The van der Waals surface area contributed by atoms with Crippen molar-refractivity contribution in [3.8, 4) is 0 Å². The van der Waals surface area contributed by atoms with Gasteiger partial charge in [-0.2, -0.15) is 0 Å². The van der Waals surface area contributed by atoms with Crippen LogP contribution >= 0.6 is 11.6 Å². The third-order valence-corrected chi connectivity index (χ3v) is 13.3. The predicted octanol–water partition coefficient (Wildman–Crippen LogP) is 4.87. The van der Waals surface area contributed by atoms with Gasteiger partial charge in [0, 0.05) is 92.0 Å². The normalized spacial score (nSPS) is 24.0. The van der Waals surface area contributed by atoms with Crippen LogP contribution in [0.25, 0.3) is 4.85 Å². The van der Waals surface area contributed by atoms with Gasteiger partial charge in [0.15, 0.2) is 0 Å². The lowest BCUT2D eigenvalue weighted by Crippen LogP contribution is -2.74. The van der Waals surface area contributed by atoms with Crippen molar-refractivity contribution < 1.29 is 24.0 Å². The Bertz CT molecular complexity index is 2240. The third kappa shape index (κ3) is 6.58. The Kier molecular flexibility index (Phi) is 9.05. The fourth-order valence-corrected chi connectivity index (χ4v) is 10.2. The fraction of sp³-hybridized carbons (Fsp3) is 0.442. The molecule has 3 aromatic carbocycles. The molecule has 2 atom stereocenters. The standard InChI is InChI=1S/C43H45ClN8O5/c1-26-20-43(25-51(26)31-9-11-35(45-3)34(44)19-31)14-16-48(17-15-43)29-6-4-27(5-7-29)39(55)49-21-28(22-49)47-42(2)23-50(24-42)30-8-10-32-33(18-30)41(57)52(40(32)56)36-12-13-37(53)46-38(36)54/h4-11,18-19,26,28,36,47H,12-17,20-25H2,1-2H3,(H,46,53,54)/t26-,36?/m0/s1. The van der Waals surface area contributed by atoms with Crippen molar-refractivity contribution in [3.63, 3.8) is 0 Å². The van der Waals surface area contributed by atoms with E-state index in [9.17, 15) is 24.0 Å². The Morgan fingerprint density at radius 2 is 1.56 bits per heavy atom. The maximum Gasteiger partial charge on any atom is 0.262 e. The lowest BCUT2D eigenvalue weighted by atomic mass is 9.76. The lowest BCUT2D eigenvalue weighted by Gasteiger charge is -2.54. The summed E-state index contributed by atoms with van der Waals surface area (Å²) in [5.74, 6) is -2.02. The zero-order valence-electron chi connectivity index (χ0n) is 32.1. The molecule has 6 aliphatic heterocycles. The number of nitrogens with one attached hydrogen (secondary N) is 2. The van der Waals surface area contributed by atoms with Crippen LogP contribution in [-0.2, 0) is 9.59 Å². The molecule has 0 radical (unpaired) electrons. The first-order valence-corrected chi connectivity index (χ1v) is 20.2. The monoisotopic (exact) mass is 788 g/mol. The molecule has 0 saturated carbocycles. The highest BCUT2D eigenvalue weighted by atomic mass is 35.5. The summed E-state index contributed by atoms with van der Waals surface area (Å²) < 4.78 is 0. The van der Waals surface area contributed by atoms with Crippen LogP contribution in [0.15, 0.2) is 60.7 Å². The average molecular weight is 789 g/mol. The van der Waals surface area contributed by atoms with Gasteiger partial charge in [0.05, 0.1) is 23.2 Å². The molecule has 0 aromatic heterocycles. The highest BCUT2D eigenvalue weighted by Crippen LogP contribution is 2.46. The SMILES string of the molecule is [C-]#[N+]c1ccc(N2CC3(CCN(c4ccc(C(=O)N5CC(NC6(C)CN(c7ccc8c(c7)C(=O)N(C7CCC(=O)NC7=O)C8=O)C6)C5)cc4)CC3)C[C@@H]2C)cc1Cl. The molecule has 5 amide bonds. The van der Waals surface area contributed by atoms with Crippen LogP contribution in [0.5, 0.6) is 0 Å². The van der Waals surface area contributed by atoms with Crippen LogP contribution in [0.1, 0.15) is 77.0 Å².